The molecule has 0 spiro atoms. The van der Waals surface area contributed by atoms with E-state index in [0.29, 0.717) is 10.2 Å². The SMILES string of the molecule is Cc1ccccc1C(C)Nc1cc(Br)c(F)cc1N. The summed E-state index contributed by atoms with van der Waals surface area (Å²) in [6.07, 6.45) is 0. The molecule has 0 bridgehead atoms. The summed E-state index contributed by atoms with van der Waals surface area (Å²) in [7, 11) is 0. The average molecular weight is 323 g/mol. The van der Waals surface area contributed by atoms with Crippen LogP contribution < -0.4 is 11.1 Å². The van der Waals surface area contributed by atoms with E-state index in [-0.39, 0.29) is 11.9 Å². The minimum Gasteiger partial charge on any atom is -0.397 e. The number of rotatable bonds is 3. The van der Waals surface area contributed by atoms with Crippen LogP contribution in [0.15, 0.2) is 40.9 Å². The molecule has 0 saturated heterocycles. The van der Waals surface area contributed by atoms with Gasteiger partial charge in [-0.15, -0.1) is 0 Å². The Morgan fingerprint density at radius 2 is 1.95 bits per heavy atom. The van der Waals surface area contributed by atoms with Gasteiger partial charge in [-0.1, -0.05) is 24.3 Å². The molecule has 0 amide bonds. The normalized spacial score (nSPS) is 12.2. The third-order valence-corrected chi connectivity index (χ3v) is 3.73. The lowest BCUT2D eigenvalue weighted by Gasteiger charge is -2.19. The van der Waals surface area contributed by atoms with Crippen LogP contribution in [0, 0.1) is 12.7 Å². The van der Waals surface area contributed by atoms with Gasteiger partial charge in [0, 0.05) is 12.1 Å². The van der Waals surface area contributed by atoms with Crippen molar-refractivity contribution in [2.45, 2.75) is 19.9 Å². The van der Waals surface area contributed by atoms with E-state index >= 15 is 0 Å². The largest absolute Gasteiger partial charge is 0.397 e. The van der Waals surface area contributed by atoms with E-state index < -0.39 is 0 Å². The summed E-state index contributed by atoms with van der Waals surface area (Å²) in [5.41, 5.74) is 9.37. The highest BCUT2D eigenvalue weighted by molar-refractivity contribution is 9.10. The molecule has 100 valence electrons. The molecule has 19 heavy (non-hydrogen) atoms. The third-order valence-electron chi connectivity index (χ3n) is 3.12. The molecular weight excluding hydrogens is 307 g/mol. The molecule has 2 rings (SSSR count). The van der Waals surface area contributed by atoms with Gasteiger partial charge >= 0.3 is 0 Å². The van der Waals surface area contributed by atoms with E-state index in [1.54, 1.807) is 6.07 Å². The summed E-state index contributed by atoms with van der Waals surface area (Å²) in [6, 6.07) is 11.2. The molecule has 4 heteroatoms. The summed E-state index contributed by atoms with van der Waals surface area (Å²) < 4.78 is 13.7. The van der Waals surface area contributed by atoms with Crippen LogP contribution >= 0.6 is 15.9 Å². The maximum atomic E-state index is 13.3. The average Bonchev–Trinajstić information content (AvgIpc) is 2.36. The Labute approximate surface area is 121 Å². The molecule has 0 aliphatic heterocycles. The monoisotopic (exact) mass is 322 g/mol. The molecule has 0 aliphatic carbocycles. The smallest absolute Gasteiger partial charge is 0.139 e. The van der Waals surface area contributed by atoms with Crippen molar-refractivity contribution in [1.82, 2.24) is 0 Å². The molecule has 0 saturated carbocycles. The van der Waals surface area contributed by atoms with Crippen LogP contribution in [0.3, 0.4) is 0 Å². The Bertz CT molecular complexity index is 599. The second-order valence-corrected chi connectivity index (χ2v) is 5.43. The summed E-state index contributed by atoms with van der Waals surface area (Å²) in [6.45, 7) is 4.12. The Hall–Kier alpha value is -1.55. The van der Waals surface area contributed by atoms with Gasteiger partial charge in [0.25, 0.3) is 0 Å². The highest BCUT2D eigenvalue weighted by atomic mass is 79.9. The highest BCUT2D eigenvalue weighted by Gasteiger charge is 2.11. The van der Waals surface area contributed by atoms with Crippen molar-refractivity contribution in [2.24, 2.45) is 0 Å². The van der Waals surface area contributed by atoms with Gasteiger partial charge in [0.15, 0.2) is 0 Å². The zero-order valence-corrected chi connectivity index (χ0v) is 12.5. The van der Waals surface area contributed by atoms with Crippen LogP contribution in [0.5, 0.6) is 0 Å². The van der Waals surface area contributed by atoms with Gasteiger partial charge in [-0.2, -0.15) is 0 Å². The quantitative estimate of drug-likeness (QED) is 0.807. The second kappa shape index (κ2) is 5.61. The number of anilines is 2. The van der Waals surface area contributed by atoms with Crippen molar-refractivity contribution >= 4 is 27.3 Å². The zero-order chi connectivity index (χ0) is 14.0. The first-order chi connectivity index (χ1) is 8.99. The second-order valence-electron chi connectivity index (χ2n) is 4.58. The van der Waals surface area contributed by atoms with Gasteiger partial charge in [0.05, 0.1) is 15.8 Å². The number of hydrogen-bond donors (Lipinski definition) is 2. The van der Waals surface area contributed by atoms with Crippen LogP contribution in [0.2, 0.25) is 0 Å². The van der Waals surface area contributed by atoms with Crippen molar-refractivity contribution < 1.29 is 4.39 Å². The van der Waals surface area contributed by atoms with Gasteiger partial charge in [0.2, 0.25) is 0 Å². The van der Waals surface area contributed by atoms with E-state index in [4.69, 9.17) is 5.73 Å². The van der Waals surface area contributed by atoms with Gasteiger partial charge in [-0.25, -0.2) is 4.39 Å². The number of nitrogen functional groups attached to an aromatic ring is 1. The van der Waals surface area contributed by atoms with Crippen LogP contribution in [0.1, 0.15) is 24.1 Å². The topological polar surface area (TPSA) is 38.0 Å². The van der Waals surface area contributed by atoms with Crippen LogP contribution in [0.25, 0.3) is 0 Å². The van der Waals surface area contributed by atoms with E-state index in [2.05, 4.69) is 47.2 Å². The molecule has 2 aromatic rings. The molecule has 0 fully saturated rings. The Morgan fingerprint density at radius 3 is 2.63 bits per heavy atom. The van der Waals surface area contributed by atoms with Crippen LogP contribution in [0.4, 0.5) is 15.8 Å². The highest BCUT2D eigenvalue weighted by Crippen LogP contribution is 2.30. The summed E-state index contributed by atoms with van der Waals surface area (Å²) in [5, 5.41) is 3.31. The lowest BCUT2D eigenvalue weighted by molar-refractivity contribution is 0.622. The number of hydrogen-bond acceptors (Lipinski definition) is 2. The molecular formula is C15H16BrFN2. The van der Waals surface area contributed by atoms with Crippen molar-refractivity contribution in [3.8, 4) is 0 Å². The van der Waals surface area contributed by atoms with Crippen molar-refractivity contribution in [1.29, 1.82) is 0 Å². The molecule has 0 heterocycles. The summed E-state index contributed by atoms with van der Waals surface area (Å²) >= 11 is 3.17. The van der Waals surface area contributed by atoms with Gasteiger partial charge in [-0.05, 0) is 47.0 Å². The lowest BCUT2D eigenvalue weighted by Crippen LogP contribution is -2.10. The minimum absolute atomic E-state index is 0.0980. The fourth-order valence-corrected chi connectivity index (χ4v) is 2.41. The van der Waals surface area contributed by atoms with E-state index in [9.17, 15) is 4.39 Å². The first-order valence-corrected chi connectivity index (χ1v) is 6.85. The third kappa shape index (κ3) is 3.07. The van der Waals surface area contributed by atoms with E-state index in [0.717, 1.165) is 5.69 Å². The Kier molecular flexibility index (Phi) is 4.10. The Morgan fingerprint density at radius 1 is 1.26 bits per heavy atom. The van der Waals surface area contributed by atoms with Gasteiger partial charge in [0.1, 0.15) is 5.82 Å². The Balaban J connectivity index is 2.27. The molecule has 1 atom stereocenters. The minimum atomic E-state index is -0.355. The number of benzene rings is 2. The number of halogens is 2. The fourth-order valence-electron chi connectivity index (χ4n) is 2.07. The maximum absolute atomic E-state index is 13.3. The first-order valence-electron chi connectivity index (χ1n) is 6.05. The predicted molar refractivity (Wildman–Crippen MR) is 81.7 cm³/mol. The molecule has 0 aromatic heterocycles. The predicted octanol–water partition coefficient (Wildman–Crippen LogP) is 4.65. The molecule has 2 nitrogen and oxygen atoms in total. The standard InChI is InChI=1S/C15H16BrFN2/c1-9-5-3-4-6-11(9)10(2)19-15-7-12(16)13(17)8-14(15)18/h3-8,10,19H,18H2,1-2H3. The molecule has 0 aliphatic rings. The summed E-state index contributed by atoms with van der Waals surface area (Å²) in [5.74, 6) is -0.355. The lowest BCUT2D eigenvalue weighted by atomic mass is 10.0. The molecule has 0 radical (unpaired) electrons. The fraction of sp³-hybridized carbons (Fsp3) is 0.200. The number of nitrogens with two attached hydrogens (primary N) is 1. The molecule has 2 aromatic carbocycles. The van der Waals surface area contributed by atoms with Crippen molar-refractivity contribution in [2.75, 3.05) is 11.1 Å². The van der Waals surface area contributed by atoms with E-state index in [1.807, 2.05) is 12.1 Å². The van der Waals surface area contributed by atoms with Gasteiger partial charge < -0.3 is 11.1 Å². The van der Waals surface area contributed by atoms with Gasteiger partial charge in [-0.3, -0.25) is 0 Å². The van der Waals surface area contributed by atoms with Crippen LogP contribution in [-0.2, 0) is 0 Å². The number of aryl methyl sites for hydroxylation is 1. The van der Waals surface area contributed by atoms with Crippen LogP contribution in [-0.4, -0.2) is 0 Å². The maximum Gasteiger partial charge on any atom is 0.139 e. The zero-order valence-electron chi connectivity index (χ0n) is 10.9. The summed E-state index contributed by atoms with van der Waals surface area (Å²) in [4.78, 5) is 0. The van der Waals surface area contributed by atoms with E-state index in [1.165, 1.54) is 17.2 Å². The molecule has 1 unspecified atom stereocenters. The molecule has 3 N–H and O–H groups in total. The van der Waals surface area contributed by atoms with Crippen molar-refractivity contribution in [3.63, 3.8) is 0 Å². The first kappa shape index (κ1) is 13.9. The van der Waals surface area contributed by atoms with Crippen molar-refractivity contribution in [3.05, 3.63) is 57.8 Å². The number of nitrogens with one attached hydrogen (secondary N) is 1.